The molecule has 7 nitrogen and oxygen atoms in total. The highest BCUT2D eigenvalue weighted by atomic mass is 32.2. The molecule has 0 saturated carbocycles. The first-order valence-corrected chi connectivity index (χ1v) is 11.1. The fourth-order valence-corrected chi connectivity index (χ4v) is 4.83. The molecule has 160 valence electrons. The molecule has 0 aliphatic carbocycles. The third-order valence-electron chi connectivity index (χ3n) is 5.63. The molecular weight excluding hydrogens is 415 g/mol. The Labute approximate surface area is 184 Å². The molecule has 1 saturated heterocycles. The van der Waals surface area contributed by atoms with Crippen molar-refractivity contribution in [2.75, 3.05) is 11.1 Å². The second-order valence-corrected chi connectivity index (χ2v) is 8.77. The van der Waals surface area contributed by atoms with Crippen molar-refractivity contribution in [2.45, 2.75) is 31.6 Å². The number of hydrogen-bond donors (Lipinski definition) is 3. The minimum atomic E-state index is -0.380. The smallest absolute Gasteiger partial charge is 0.234 e. The molecule has 0 aromatic heterocycles. The molecule has 31 heavy (non-hydrogen) atoms. The summed E-state index contributed by atoms with van der Waals surface area (Å²) in [6.45, 7) is 2.09. The number of hydrazine groups is 1. The highest BCUT2D eigenvalue weighted by Crippen LogP contribution is 2.35. The molecule has 2 aromatic carbocycles. The maximum absolute atomic E-state index is 13.3. The van der Waals surface area contributed by atoms with Gasteiger partial charge in [0.2, 0.25) is 5.91 Å². The molecule has 3 aliphatic heterocycles. The van der Waals surface area contributed by atoms with Gasteiger partial charge in [-0.1, -0.05) is 47.7 Å². The van der Waals surface area contributed by atoms with E-state index in [2.05, 4.69) is 62.4 Å². The van der Waals surface area contributed by atoms with Gasteiger partial charge < -0.3 is 15.2 Å². The number of halogens is 1. The molecular formula is C22H23FN6OS. The molecule has 1 amide bonds. The Balaban J connectivity index is 1.18. The van der Waals surface area contributed by atoms with E-state index in [0.29, 0.717) is 5.69 Å². The van der Waals surface area contributed by atoms with Gasteiger partial charge in [-0.05, 0) is 37.1 Å². The summed E-state index contributed by atoms with van der Waals surface area (Å²) in [4.78, 5) is 14.3. The van der Waals surface area contributed by atoms with E-state index in [1.807, 2.05) is 12.4 Å². The first-order chi connectivity index (χ1) is 15.1. The zero-order chi connectivity index (χ0) is 21.4. The number of amides is 1. The molecule has 0 spiro atoms. The van der Waals surface area contributed by atoms with Gasteiger partial charge in [0.25, 0.3) is 0 Å². The van der Waals surface area contributed by atoms with Crippen molar-refractivity contribution in [3.63, 3.8) is 0 Å². The van der Waals surface area contributed by atoms with Crippen LogP contribution in [0.25, 0.3) is 0 Å². The monoisotopic (exact) mass is 438 g/mol. The lowest BCUT2D eigenvalue weighted by Crippen LogP contribution is -2.54. The molecule has 1 fully saturated rings. The maximum Gasteiger partial charge on any atom is 0.234 e. The summed E-state index contributed by atoms with van der Waals surface area (Å²) in [5.41, 5.74) is 9.75. The topological polar surface area (TPSA) is 72.0 Å². The minimum Gasteiger partial charge on any atom is -0.325 e. The molecule has 3 heterocycles. The van der Waals surface area contributed by atoms with Crippen LogP contribution in [0, 0.1) is 12.7 Å². The number of amidine groups is 1. The first-order valence-electron chi connectivity index (χ1n) is 10.2. The van der Waals surface area contributed by atoms with E-state index in [4.69, 9.17) is 0 Å². The lowest BCUT2D eigenvalue weighted by Gasteiger charge is -2.36. The van der Waals surface area contributed by atoms with E-state index < -0.39 is 0 Å². The second-order valence-electron chi connectivity index (χ2n) is 7.82. The highest BCUT2D eigenvalue weighted by Gasteiger charge is 2.44. The number of rotatable bonds is 4. The normalized spacial score (nSPS) is 23.8. The predicted molar refractivity (Wildman–Crippen MR) is 120 cm³/mol. The Bertz CT molecular complexity index is 1040. The fourth-order valence-electron chi connectivity index (χ4n) is 4.06. The van der Waals surface area contributed by atoms with Crippen LogP contribution < -0.4 is 16.2 Å². The number of hydrogen-bond acceptors (Lipinski definition) is 7. The minimum absolute atomic E-state index is 0.00160. The van der Waals surface area contributed by atoms with Gasteiger partial charge in [-0.3, -0.25) is 10.2 Å². The summed E-state index contributed by atoms with van der Waals surface area (Å²) in [7, 11) is 0. The maximum atomic E-state index is 13.3. The molecule has 2 aromatic rings. The van der Waals surface area contributed by atoms with Gasteiger partial charge in [-0.2, -0.15) is 5.10 Å². The van der Waals surface area contributed by atoms with Crippen molar-refractivity contribution in [3.8, 4) is 0 Å². The molecule has 3 unspecified atom stereocenters. The third kappa shape index (κ3) is 4.11. The lowest BCUT2D eigenvalue weighted by atomic mass is 9.99. The van der Waals surface area contributed by atoms with E-state index in [0.717, 1.165) is 11.6 Å². The van der Waals surface area contributed by atoms with Crippen molar-refractivity contribution >= 4 is 28.5 Å². The number of nitrogens with one attached hydrogen (secondary N) is 3. The second kappa shape index (κ2) is 8.24. The van der Waals surface area contributed by atoms with Gasteiger partial charge in [0.1, 0.15) is 12.0 Å². The summed E-state index contributed by atoms with van der Waals surface area (Å²) < 4.78 is 13.3. The quantitative estimate of drug-likeness (QED) is 0.682. The number of carbonyl (C=O) groups excluding carboxylic acids is 1. The number of benzene rings is 2. The molecule has 0 radical (unpaired) electrons. The SMILES string of the molecule is Cc1ccc(C2CC3C4NN=C(SCC(=O)Nc5cccc(F)c5)N4C=CN3N2)cc1. The van der Waals surface area contributed by atoms with Gasteiger partial charge in [-0.15, -0.1) is 0 Å². The lowest BCUT2D eigenvalue weighted by molar-refractivity contribution is -0.113. The van der Waals surface area contributed by atoms with Crippen LogP contribution in [0.3, 0.4) is 0 Å². The fraction of sp³-hybridized carbons (Fsp3) is 0.273. The van der Waals surface area contributed by atoms with Gasteiger partial charge in [0.05, 0.1) is 17.8 Å². The Morgan fingerprint density at radius 1 is 1.26 bits per heavy atom. The number of hydrazone groups is 1. The van der Waals surface area contributed by atoms with Crippen LogP contribution in [-0.4, -0.2) is 38.9 Å². The summed E-state index contributed by atoms with van der Waals surface area (Å²) >= 11 is 1.35. The van der Waals surface area contributed by atoms with Crippen LogP contribution >= 0.6 is 11.8 Å². The average molecular weight is 439 g/mol. The number of anilines is 1. The highest BCUT2D eigenvalue weighted by molar-refractivity contribution is 8.14. The molecule has 3 atom stereocenters. The first kappa shape index (κ1) is 19.9. The van der Waals surface area contributed by atoms with Gasteiger partial charge in [0.15, 0.2) is 5.17 Å². The Hall–Kier alpha value is -3.04. The third-order valence-corrected chi connectivity index (χ3v) is 6.59. The van der Waals surface area contributed by atoms with Crippen molar-refractivity contribution < 1.29 is 9.18 Å². The Morgan fingerprint density at radius 3 is 2.90 bits per heavy atom. The van der Waals surface area contributed by atoms with Crippen LogP contribution in [0.5, 0.6) is 0 Å². The summed E-state index contributed by atoms with van der Waals surface area (Å²) in [5, 5.41) is 10.0. The van der Waals surface area contributed by atoms with Crippen molar-refractivity contribution in [1.29, 1.82) is 0 Å². The largest absolute Gasteiger partial charge is 0.325 e. The molecule has 5 rings (SSSR count). The van der Waals surface area contributed by atoms with Gasteiger partial charge in [0, 0.05) is 18.1 Å². The number of nitrogens with zero attached hydrogens (tertiary/aromatic N) is 3. The zero-order valence-corrected chi connectivity index (χ0v) is 17.8. The zero-order valence-electron chi connectivity index (χ0n) is 17.0. The van der Waals surface area contributed by atoms with Crippen LogP contribution in [-0.2, 0) is 4.79 Å². The molecule has 9 heteroatoms. The van der Waals surface area contributed by atoms with Gasteiger partial charge >= 0.3 is 0 Å². The number of carbonyl (C=O) groups is 1. The van der Waals surface area contributed by atoms with Crippen LogP contribution in [0.1, 0.15) is 23.6 Å². The van der Waals surface area contributed by atoms with Crippen LogP contribution in [0.2, 0.25) is 0 Å². The molecule has 0 bridgehead atoms. The average Bonchev–Trinajstić information content (AvgIpc) is 3.36. The van der Waals surface area contributed by atoms with Crippen LogP contribution in [0.4, 0.5) is 10.1 Å². The van der Waals surface area contributed by atoms with Crippen LogP contribution in [0.15, 0.2) is 66.0 Å². The molecule has 3 aliphatic rings. The van der Waals surface area contributed by atoms with E-state index in [-0.39, 0.29) is 35.7 Å². The molecule has 3 N–H and O–H groups in total. The van der Waals surface area contributed by atoms with E-state index >= 15 is 0 Å². The number of fused-ring (bicyclic) bond motifs is 3. The van der Waals surface area contributed by atoms with E-state index in [1.165, 1.54) is 35.0 Å². The Morgan fingerprint density at radius 2 is 2.10 bits per heavy atom. The predicted octanol–water partition coefficient (Wildman–Crippen LogP) is 3.11. The summed E-state index contributed by atoms with van der Waals surface area (Å²) in [6.07, 6.45) is 4.93. The standard InChI is InChI=1S/C22H23FN6OS/c1-14-5-7-15(8-6-14)18-12-19-21-25-26-22(28(21)9-10-29(19)27-18)31-13-20(30)24-17-4-2-3-16(23)11-17/h2-11,18-19,21,25,27H,12-13H2,1H3,(H,24,30). The van der Waals surface area contributed by atoms with Crippen molar-refractivity contribution in [3.05, 3.63) is 77.9 Å². The van der Waals surface area contributed by atoms with Crippen molar-refractivity contribution in [2.24, 2.45) is 5.10 Å². The van der Waals surface area contributed by atoms with Gasteiger partial charge in [-0.25, -0.2) is 9.82 Å². The Kier molecular flexibility index (Phi) is 5.29. The summed E-state index contributed by atoms with van der Waals surface area (Å²) in [5.74, 6) is -0.395. The van der Waals surface area contributed by atoms with E-state index in [9.17, 15) is 9.18 Å². The summed E-state index contributed by atoms with van der Waals surface area (Å²) in [6, 6.07) is 14.9. The number of aryl methyl sites for hydroxylation is 1. The van der Waals surface area contributed by atoms with Crippen molar-refractivity contribution in [1.82, 2.24) is 20.8 Å². The number of thioether (sulfide) groups is 1. The van der Waals surface area contributed by atoms with E-state index in [1.54, 1.807) is 12.1 Å².